The van der Waals surface area contributed by atoms with E-state index in [1.165, 1.54) is 22.3 Å². The van der Waals surface area contributed by atoms with Crippen LogP contribution in [0.5, 0.6) is 0 Å². The van der Waals surface area contributed by atoms with E-state index < -0.39 is 0 Å². The minimum atomic E-state index is -0.235. The number of ether oxygens (including phenoxy) is 1. The van der Waals surface area contributed by atoms with Crippen molar-refractivity contribution in [3.8, 4) is 11.1 Å². The molecule has 2 heteroatoms. The van der Waals surface area contributed by atoms with E-state index in [1.54, 1.807) is 0 Å². The fraction of sp³-hybridized carbons (Fsp3) is 0.333. The fourth-order valence-electron chi connectivity index (χ4n) is 3.16. The number of hydrogen-bond donors (Lipinski definition) is 0. The van der Waals surface area contributed by atoms with Crippen LogP contribution in [0.1, 0.15) is 38.8 Å². The topological polar surface area (TPSA) is 9.23 Å². The summed E-state index contributed by atoms with van der Waals surface area (Å²) in [5.41, 5.74) is 4.60. The van der Waals surface area contributed by atoms with Crippen LogP contribution in [0.2, 0.25) is 0 Å². The number of fused-ring (bicyclic) bond motifs is 1. The summed E-state index contributed by atoms with van der Waals surface area (Å²) in [6.45, 7) is 8.56. The summed E-state index contributed by atoms with van der Waals surface area (Å²) in [4.78, 5) is 0. The molecular weight excluding hydrogens is 312 g/mol. The first-order valence-electron chi connectivity index (χ1n) is 6.91. The Morgan fingerprint density at radius 2 is 1.45 bits per heavy atom. The highest BCUT2D eigenvalue weighted by molar-refractivity contribution is 9.10. The standard InChI is InChI=1S/C18H19BrO/c1-17(2)15-9-8-13(11-16(15)18(3,4)20-17)12-6-5-7-14(19)10-12/h5-11H,1-4H3. The van der Waals surface area contributed by atoms with Crippen molar-refractivity contribution in [2.75, 3.05) is 0 Å². The van der Waals surface area contributed by atoms with Crippen molar-refractivity contribution < 1.29 is 4.74 Å². The van der Waals surface area contributed by atoms with Crippen molar-refractivity contribution in [3.05, 3.63) is 58.1 Å². The van der Waals surface area contributed by atoms with E-state index in [1.807, 2.05) is 6.07 Å². The average Bonchev–Trinajstić information content (AvgIpc) is 2.55. The lowest BCUT2D eigenvalue weighted by molar-refractivity contribution is -0.105. The molecule has 0 saturated heterocycles. The lowest BCUT2D eigenvalue weighted by Gasteiger charge is -2.24. The van der Waals surface area contributed by atoms with Gasteiger partial charge in [0, 0.05) is 4.47 Å². The largest absolute Gasteiger partial charge is 0.360 e. The predicted octanol–water partition coefficient (Wildman–Crippen LogP) is 5.62. The van der Waals surface area contributed by atoms with Crippen LogP contribution in [0.4, 0.5) is 0 Å². The molecule has 2 aromatic rings. The summed E-state index contributed by atoms with van der Waals surface area (Å²) in [6.07, 6.45) is 0. The lowest BCUT2D eigenvalue weighted by Crippen LogP contribution is -2.22. The Kier molecular flexibility index (Phi) is 3.07. The lowest BCUT2D eigenvalue weighted by atomic mass is 9.88. The number of hydrogen-bond acceptors (Lipinski definition) is 1. The van der Waals surface area contributed by atoms with Crippen LogP contribution in [0.3, 0.4) is 0 Å². The molecule has 20 heavy (non-hydrogen) atoms. The Hall–Kier alpha value is -1.12. The number of benzene rings is 2. The summed E-state index contributed by atoms with van der Waals surface area (Å²) in [6, 6.07) is 15.1. The molecule has 0 saturated carbocycles. The zero-order valence-electron chi connectivity index (χ0n) is 12.3. The van der Waals surface area contributed by atoms with E-state index in [0.29, 0.717) is 0 Å². The number of halogens is 1. The third-order valence-corrected chi connectivity index (χ3v) is 4.48. The van der Waals surface area contributed by atoms with Crippen LogP contribution in [0.25, 0.3) is 11.1 Å². The molecule has 0 fully saturated rings. The zero-order valence-corrected chi connectivity index (χ0v) is 13.9. The van der Waals surface area contributed by atoms with Gasteiger partial charge in [-0.15, -0.1) is 0 Å². The molecule has 0 radical (unpaired) electrons. The molecule has 1 aliphatic heterocycles. The minimum Gasteiger partial charge on any atom is -0.360 e. The molecule has 0 spiro atoms. The molecule has 0 aliphatic carbocycles. The first-order valence-corrected chi connectivity index (χ1v) is 7.70. The average molecular weight is 331 g/mol. The molecule has 2 aromatic carbocycles. The maximum absolute atomic E-state index is 6.21. The maximum Gasteiger partial charge on any atom is 0.0891 e. The third-order valence-electron chi connectivity index (χ3n) is 3.99. The Labute approximate surface area is 129 Å². The molecule has 0 atom stereocenters. The summed E-state index contributed by atoms with van der Waals surface area (Å²) in [5.74, 6) is 0. The number of rotatable bonds is 1. The Morgan fingerprint density at radius 3 is 2.15 bits per heavy atom. The van der Waals surface area contributed by atoms with E-state index in [9.17, 15) is 0 Å². The molecule has 1 nitrogen and oxygen atoms in total. The summed E-state index contributed by atoms with van der Waals surface area (Å²) in [5, 5.41) is 0. The molecule has 0 N–H and O–H groups in total. The highest BCUT2D eigenvalue weighted by Crippen LogP contribution is 2.47. The molecule has 0 aromatic heterocycles. The molecule has 1 heterocycles. The van der Waals surface area contributed by atoms with E-state index in [0.717, 1.165) is 4.47 Å². The third kappa shape index (κ3) is 2.21. The van der Waals surface area contributed by atoms with Gasteiger partial charge in [0.1, 0.15) is 0 Å². The Bertz CT molecular complexity index is 671. The van der Waals surface area contributed by atoms with Gasteiger partial charge in [-0.3, -0.25) is 0 Å². The van der Waals surface area contributed by atoms with Crippen LogP contribution < -0.4 is 0 Å². The quantitative estimate of drug-likeness (QED) is 0.659. The molecule has 3 rings (SSSR count). The highest BCUT2D eigenvalue weighted by atomic mass is 79.9. The normalized spacial score (nSPS) is 18.9. The monoisotopic (exact) mass is 330 g/mol. The van der Waals surface area contributed by atoms with Gasteiger partial charge in [-0.25, -0.2) is 0 Å². The zero-order chi connectivity index (χ0) is 14.5. The van der Waals surface area contributed by atoms with E-state index in [2.05, 4.69) is 80.0 Å². The van der Waals surface area contributed by atoms with Crippen molar-refractivity contribution >= 4 is 15.9 Å². The summed E-state index contributed by atoms with van der Waals surface area (Å²) < 4.78 is 7.32. The molecule has 0 amide bonds. The second-order valence-electron chi connectivity index (χ2n) is 6.39. The second-order valence-corrected chi connectivity index (χ2v) is 7.31. The van der Waals surface area contributed by atoms with Crippen molar-refractivity contribution in [3.63, 3.8) is 0 Å². The van der Waals surface area contributed by atoms with Gasteiger partial charge in [-0.2, -0.15) is 0 Å². The second kappa shape index (κ2) is 4.44. The van der Waals surface area contributed by atoms with E-state index >= 15 is 0 Å². The minimum absolute atomic E-state index is 0.214. The molecule has 0 bridgehead atoms. The van der Waals surface area contributed by atoms with Crippen molar-refractivity contribution in [1.82, 2.24) is 0 Å². The van der Waals surface area contributed by atoms with Crippen molar-refractivity contribution in [1.29, 1.82) is 0 Å². The van der Waals surface area contributed by atoms with Gasteiger partial charge in [0.2, 0.25) is 0 Å². The smallest absolute Gasteiger partial charge is 0.0891 e. The van der Waals surface area contributed by atoms with Crippen LogP contribution >= 0.6 is 15.9 Å². The highest BCUT2D eigenvalue weighted by Gasteiger charge is 2.42. The van der Waals surface area contributed by atoms with Gasteiger partial charge in [0.05, 0.1) is 11.2 Å². The van der Waals surface area contributed by atoms with Gasteiger partial charge in [-0.1, -0.05) is 40.2 Å². The summed E-state index contributed by atoms with van der Waals surface area (Å²) in [7, 11) is 0. The first kappa shape index (κ1) is 13.8. The molecular formula is C18H19BrO. The van der Waals surface area contributed by atoms with Gasteiger partial charge < -0.3 is 4.74 Å². The van der Waals surface area contributed by atoms with Gasteiger partial charge >= 0.3 is 0 Å². The maximum atomic E-state index is 6.21. The SMILES string of the molecule is CC1(C)OC(C)(C)c2cc(-c3cccc(Br)c3)ccc21. The molecule has 0 unspecified atom stereocenters. The fourth-order valence-corrected chi connectivity index (χ4v) is 3.56. The molecule has 1 aliphatic rings. The summed E-state index contributed by atoms with van der Waals surface area (Å²) >= 11 is 3.54. The predicted molar refractivity (Wildman–Crippen MR) is 86.7 cm³/mol. The van der Waals surface area contributed by atoms with Crippen LogP contribution in [-0.4, -0.2) is 0 Å². The van der Waals surface area contributed by atoms with Crippen molar-refractivity contribution in [2.24, 2.45) is 0 Å². The van der Waals surface area contributed by atoms with Gasteiger partial charge in [-0.05, 0) is 68.1 Å². The van der Waals surface area contributed by atoms with Crippen LogP contribution in [0, 0.1) is 0 Å². The molecule has 104 valence electrons. The van der Waals surface area contributed by atoms with E-state index in [4.69, 9.17) is 4.74 Å². The van der Waals surface area contributed by atoms with E-state index in [-0.39, 0.29) is 11.2 Å². The van der Waals surface area contributed by atoms with Gasteiger partial charge in [0.15, 0.2) is 0 Å². The van der Waals surface area contributed by atoms with Crippen LogP contribution in [0.15, 0.2) is 46.9 Å². The van der Waals surface area contributed by atoms with Crippen LogP contribution in [-0.2, 0) is 15.9 Å². The Morgan fingerprint density at radius 1 is 0.800 bits per heavy atom. The first-order chi connectivity index (χ1) is 9.29. The Balaban J connectivity index is 2.15. The van der Waals surface area contributed by atoms with Gasteiger partial charge in [0.25, 0.3) is 0 Å². The van der Waals surface area contributed by atoms with Crippen molar-refractivity contribution in [2.45, 2.75) is 38.9 Å².